The number of ether oxygens (including phenoxy) is 2. The molecule has 0 spiro atoms. The number of aromatic nitrogens is 3. The fourth-order valence-corrected chi connectivity index (χ4v) is 1.52. The van der Waals surface area contributed by atoms with E-state index in [0.29, 0.717) is 18.5 Å². The monoisotopic (exact) mass is 269 g/mol. The van der Waals surface area contributed by atoms with Crippen molar-refractivity contribution in [1.29, 1.82) is 0 Å². The molecule has 0 radical (unpaired) electrons. The van der Waals surface area contributed by atoms with E-state index in [1.54, 1.807) is 7.11 Å². The van der Waals surface area contributed by atoms with Crippen LogP contribution in [0.2, 0.25) is 0 Å². The summed E-state index contributed by atoms with van der Waals surface area (Å²) in [4.78, 5) is 12.6. The van der Waals surface area contributed by atoms with Crippen molar-refractivity contribution >= 4 is 11.9 Å². The maximum Gasteiger partial charge on any atom is 0.322 e. The van der Waals surface area contributed by atoms with E-state index >= 15 is 0 Å². The van der Waals surface area contributed by atoms with Gasteiger partial charge in [0.05, 0.1) is 19.3 Å². The second-order valence-electron chi connectivity index (χ2n) is 4.84. The van der Waals surface area contributed by atoms with Crippen LogP contribution >= 0.6 is 0 Å². The van der Waals surface area contributed by atoms with Crippen molar-refractivity contribution in [2.24, 2.45) is 0 Å². The van der Waals surface area contributed by atoms with Crippen LogP contribution < -0.4 is 15.4 Å². The predicted molar refractivity (Wildman–Crippen MR) is 74.7 cm³/mol. The zero-order valence-corrected chi connectivity index (χ0v) is 12.3. The molecular formula is C12H23N5O2. The van der Waals surface area contributed by atoms with Gasteiger partial charge in [-0.05, 0) is 20.3 Å². The number of hydrogen-bond donors (Lipinski definition) is 2. The van der Waals surface area contributed by atoms with E-state index in [-0.39, 0.29) is 11.5 Å². The van der Waals surface area contributed by atoms with Crippen molar-refractivity contribution in [2.75, 3.05) is 38.0 Å². The van der Waals surface area contributed by atoms with Crippen LogP contribution in [0, 0.1) is 0 Å². The summed E-state index contributed by atoms with van der Waals surface area (Å²) in [6.45, 7) is 7.43. The Morgan fingerprint density at radius 3 is 2.37 bits per heavy atom. The van der Waals surface area contributed by atoms with Gasteiger partial charge in [0.15, 0.2) is 0 Å². The summed E-state index contributed by atoms with van der Waals surface area (Å²) >= 11 is 0. The lowest BCUT2D eigenvalue weighted by molar-refractivity contribution is 0.157. The first-order valence-corrected chi connectivity index (χ1v) is 6.32. The molecule has 0 aromatic carbocycles. The van der Waals surface area contributed by atoms with E-state index in [1.165, 1.54) is 7.11 Å². The zero-order chi connectivity index (χ0) is 14.3. The molecule has 0 atom stereocenters. The Balaban J connectivity index is 2.87. The number of anilines is 2. The molecule has 1 heterocycles. The summed E-state index contributed by atoms with van der Waals surface area (Å²) in [5, 5.41) is 6.32. The number of rotatable bonds is 8. The Morgan fingerprint density at radius 1 is 1.11 bits per heavy atom. The third-order valence-corrected chi connectivity index (χ3v) is 2.29. The summed E-state index contributed by atoms with van der Waals surface area (Å²) < 4.78 is 10.2. The molecule has 7 heteroatoms. The van der Waals surface area contributed by atoms with Crippen LogP contribution in [0.4, 0.5) is 11.9 Å². The number of methoxy groups -OCH3 is 2. The van der Waals surface area contributed by atoms with Gasteiger partial charge in [0.25, 0.3) is 0 Å². The van der Waals surface area contributed by atoms with Gasteiger partial charge in [-0.25, -0.2) is 0 Å². The van der Waals surface area contributed by atoms with E-state index in [1.807, 2.05) is 13.8 Å². The van der Waals surface area contributed by atoms with E-state index in [2.05, 4.69) is 32.5 Å². The SMILES string of the molecule is CCCNc1nc(NC(C)(C)COC)nc(OC)n1. The second-order valence-corrected chi connectivity index (χ2v) is 4.84. The molecule has 1 aromatic heterocycles. The average Bonchev–Trinajstić information content (AvgIpc) is 2.35. The lowest BCUT2D eigenvalue weighted by Gasteiger charge is -2.25. The lowest BCUT2D eigenvalue weighted by Crippen LogP contribution is -2.36. The number of nitrogens with one attached hydrogen (secondary N) is 2. The maximum absolute atomic E-state index is 5.15. The summed E-state index contributed by atoms with van der Waals surface area (Å²) in [5.74, 6) is 0.969. The van der Waals surface area contributed by atoms with Crippen LogP contribution in [-0.4, -0.2) is 47.9 Å². The Bertz CT molecular complexity index is 398. The number of nitrogens with zero attached hydrogens (tertiary/aromatic N) is 3. The standard InChI is InChI=1S/C12H23N5O2/c1-6-7-13-9-14-10(16-11(15-9)19-5)17-12(2,3)8-18-4/h6-8H2,1-5H3,(H2,13,14,15,16,17). The van der Waals surface area contributed by atoms with Gasteiger partial charge < -0.3 is 20.1 Å². The first kappa shape index (κ1) is 15.4. The summed E-state index contributed by atoms with van der Waals surface area (Å²) in [6, 6.07) is 0.282. The largest absolute Gasteiger partial charge is 0.467 e. The summed E-state index contributed by atoms with van der Waals surface area (Å²) in [6.07, 6.45) is 0.992. The smallest absolute Gasteiger partial charge is 0.322 e. The molecular weight excluding hydrogens is 246 g/mol. The Morgan fingerprint density at radius 2 is 1.79 bits per heavy atom. The van der Waals surface area contributed by atoms with Crippen molar-refractivity contribution in [1.82, 2.24) is 15.0 Å². The van der Waals surface area contributed by atoms with Crippen molar-refractivity contribution in [3.05, 3.63) is 0 Å². The highest BCUT2D eigenvalue weighted by Gasteiger charge is 2.19. The molecule has 19 heavy (non-hydrogen) atoms. The quantitative estimate of drug-likeness (QED) is 0.740. The second kappa shape index (κ2) is 7.08. The molecule has 0 bridgehead atoms. The van der Waals surface area contributed by atoms with Crippen LogP contribution in [0.15, 0.2) is 0 Å². The molecule has 0 aliphatic carbocycles. The molecule has 0 saturated heterocycles. The highest BCUT2D eigenvalue weighted by atomic mass is 16.5. The van der Waals surface area contributed by atoms with Crippen molar-refractivity contribution in [3.63, 3.8) is 0 Å². The van der Waals surface area contributed by atoms with E-state index in [0.717, 1.165) is 13.0 Å². The highest BCUT2D eigenvalue weighted by Crippen LogP contribution is 2.15. The molecule has 0 saturated carbocycles. The summed E-state index contributed by atoms with van der Waals surface area (Å²) in [5.41, 5.74) is -0.275. The highest BCUT2D eigenvalue weighted by molar-refractivity contribution is 5.37. The molecule has 0 aliphatic rings. The molecule has 0 amide bonds. The van der Waals surface area contributed by atoms with Gasteiger partial charge in [-0.1, -0.05) is 6.92 Å². The molecule has 0 unspecified atom stereocenters. The van der Waals surface area contributed by atoms with Crippen LogP contribution in [0.3, 0.4) is 0 Å². The normalized spacial score (nSPS) is 11.2. The van der Waals surface area contributed by atoms with Crippen LogP contribution in [0.1, 0.15) is 27.2 Å². The van der Waals surface area contributed by atoms with Gasteiger partial charge in [-0.2, -0.15) is 15.0 Å². The van der Waals surface area contributed by atoms with E-state index in [9.17, 15) is 0 Å². The minimum atomic E-state index is -0.275. The first-order valence-electron chi connectivity index (χ1n) is 6.32. The van der Waals surface area contributed by atoms with Crippen molar-refractivity contribution < 1.29 is 9.47 Å². The van der Waals surface area contributed by atoms with Gasteiger partial charge in [0.2, 0.25) is 11.9 Å². The Labute approximate surface area is 114 Å². The topological polar surface area (TPSA) is 81.2 Å². The summed E-state index contributed by atoms with van der Waals surface area (Å²) in [7, 11) is 3.19. The predicted octanol–water partition coefficient (Wildman–Crippen LogP) is 1.54. The Kier molecular flexibility index (Phi) is 5.75. The van der Waals surface area contributed by atoms with Gasteiger partial charge in [0.1, 0.15) is 0 Å². The average molecular weight is 269 g/mol. The van der Waals surface area contributed by atoms with Gasteiger partial charge in [0, 0.05) is 13.7 Å². The van der Waals surface area contributed by atoms with Crippen LogP contribution in [0.25, 0.3) is 0 Å². The van der Waals surface area contributed by atoms with Crippen LogP contribution in [0.5, 0.6) is 6.01 Å². The van der Waals surface area contributed by atoms with E-state index < -0.39 is 0 Å². The molecule has 1 rings (SSSR count). The third-order valence-electron chi connectivity index (χ3n) is 2.29. The Hall–Kier alpha value is -1.63. The fourth-order valence-electron chi connectivity index (χ4n) is 1.52. The molecule has 0 aliphatic heterocycles. The fraction of sp³-hybridized carbons (Fsp3) is 0.750. The van der Waals surface area contributed by atoms with Crippen LogP contribution in [-0.2, 0) is 4.74 Å². The zero-order valence-electron chi connectivity index (χ0n) is 12.3. The lowest BCUT2D eigenvalue weighted by atomic mass is 10.1. The third kappa shape index (κ3) is 5.25. The molecule has 2 N–H and O–H groups in total. The van der Waals surface area contributed by atoms with E-state index in [4.69, 9.17) is 9.47 Å². The molecule has 1 aromatic rings. The van der Waals surface area contributed by atoms with Gasteiger partial charge >= 0.3 is 6.01 Å². The minimum Gasteiger partial charge on any atom is -0.467 e. The molecule has 7 nitrogen and oxygen atoms in total. The van der Waals surface area contributed by atoms with Crippen molar-refractivity contribution in [2.45, 2.75) is 32.7 Å². The van der Waals surface area contributed by atoms with Gasteiger partial charge in [-0.15, -0.1) is 0 Å². The molecule has 108 valence electrons. The van der Waals surface area contributed by atoms with Crippen molar-refractivity contribution in [3.8, 4) is 6.01 Å². The maximum atomic E-state index is 5.15. The molecule has 0 fully saturated rings. The van der Waals surface area contributed by atoms with Gasteiger partial charge in [-0.3, -0.25) is 0 Å². The number of hydrogen-bond acceptors (Lipinski definition) is 7. The minimum absolute atomic E-state index is 0.275. The first-order chi connectivity index (χ1) is 9.00.